The molecule has 0 aliphatic heterocycles. The van der Waals surface area contributed by atoms with Crippen LogP contribution in [0.1, 0.15) is 39.0 Å². The van der Waals surface area contributed by atoms with Crippen LogP contribution in [0.25, 0.3) is 0 Å². The molecule has 0 radical (unpaired) electrons. The minimum atomic E-state index is -0.506. The molecule has 1 unspecified atom stereocenters. The summed E-state index contributed by atoms with van der Waals surface area (Å²) in [6.07, 6.45) is 3.18. The van der Waals surface area contributed by atoms with Gasteiger partial charge in [-0.15, -0.1) is 0 Å². The Bertz CT molecular complexity index is 441. The van der Waals surface area contributed by atoms with Crippen LogP contribution in [0.3, 0.4) is 0 Å². The highest BCUT2D eigenvalue weighted by atomic mass is 16.6. The fraction of sp³-hybridized carbons (Fsp3) is 0.500. The Morgan fingerprint density at radius 3 is 2.50 bits per heavy atom. The fourth-order valence-corrected chi connectivity index (χ4v) is 1.70. The molecule has 0 saturated carbocycles. The van der Waals surface area contributed by atoms with Gasteiger partial charge < -0.3 is 9.84 Å². The van der Waals surface area contributed by atoms with E-state index in [4.69, 9.17) is 9.84 Å². The topological polar surface area (TPSA) is 89.7 Å². The summed E-state index contributed by atoms with van der Waals surface area (Å²) in [6, 6.07) is 5.41. The quantitative estimate of drug-likeness (QED) is 0.260. The third kappa shape index (κ3) is 6.29. The highest BCUT2D eigenvalue weighted by molar-refractivity contribution is 5.72. The van der Waals surface area contributed by atoms with Gasteiger partial charge in [0.1, 0.15) is 5.75 Å². The maximum absolute atomic E-state index is 11.5. The summed E-state index contributed by atoms with van der Waals surface area (Å²) in [5.41, 5.74) is -0.0390. The molecule has 110 valence electrons. The molecule has 6 heteroatoms. The lowest BCUT2D eigenvalue weighted by atomic mass is 10.1. The third-order valence-electron chi connectivity index (χ3n) is 2.78. The van der Waals surface area contributed by atoms with Crippen LogP contribution >= 0.6 is 0 Å². The molecule has 0 heterocycles. The van der Waals surface area contributed by atoms with Gasteiger partial charge >= 0.3 is 5.97 Å². The van der Waals surface area contributed by atoms with Gasteiger partial charge in [0.05, 0.1) is 11.0 Å². The summed E-state index contributed by atoms with van der Waals surface area (Å²) in [5.74, 6) is -0.0412. The van der Waals surface area contributed by atoms with E-state index in [1.165, 1.54) is 24.3 Å². The number of aliphatic hydroxyl groups is 1. The molecule has 1 aromatic carbocycles. The summed E-state index contributed by atoms with van der Waals surface area (Å²) >= 11 is 0. The number of rotatable bonds is 8. The van der Waals surface area contributed by atoms with Gasteiger partial charge in [-0.25, -0.2) is 0 Å². The summed E-state index contributed by atoms with van der Waals surface area (Å²) in [6.45, 7) is 1.74. The zero-order chi connectivity index (χ0) is 15.0. The van der Waals surface area contributed by atoms with Crippen molar-refractivity contribution in [1.82, 2.24) is 0 Å². The van der Waals surface area contributed by atoms with E-state index in [0.29, 0.717) is 18.6 Å². The first-order valence-electron chi connectivity index (χ1n) is 6.62. The number of nitro benzene ring substituents is 1. The van der Waals surface area contributed by atoms with Crippen LogP contribution in [0.5, 0.6) is 5.75 Å². The number of hydrogen-bond acceptors (Lipinski definition) is 5. The first-order chi connectivity index (χ1) is 9.49. The largest absolute Gasteiger partial charge is 0.427 e. The molecule has 6 nitrogen and oxygen atoms in total. The number of benzene rings is 1. The van der Waals surface area contributed by atoms with Gasteiger partial charge in [0.15, 0.2) is 0 Å². The van der Waals surface area contributed by atoms with Crippen LogP contribution in [0.15, 0.2) is 24.3 Å². The second kappa shape index (κ2) is 8.27. The van der Waals surface area contributed by atoms with Crippen molar-refractivity contribution in [1.29, 1.82) is 0 Å². The van der Waals surface area contributed by atoms with E-state index in [2.05, 4.69) is 0 Å². The predicted molar refractivity (Wildman–Crippen MR) is 73.5 cm³/mol. The van der Waals surface area contributed by atoms with Crippen molar-refractivity contribution >= 4 is 11.7 Å². The number of esters is 1. The number of non-ortho nitro benzene ring substituents is 1. The molecule has 0 fully saturated rings. The number of carbonyl (C=O) groups excluding carboxylic acids is 1. The van der Waals surface area contributed by atoms with Crippen LogP contribution in [0, 0.1) is 10.1 Å². The molecule has 0 aromatic heterocycles. The maximum Gasteiger partial charge on any atom is 0.311 e. The third-order valence-corrected chi connectivity index (χ3v) is 2.78. The molecule has 1 atom stereocenters. The van der Waals surface area contributed by atoms with Crippen LogP contribution < -0.4 is 4.74 Å². The summed E-state index contributed by atoms with van der Waals surface area (Å²) in [4.78, 5) is 21.5. The van der Waals surface area contributed by atoms with E-state index >= 15 is 0 Å². The Morgan fingerprint density at radius 1 is 1.30 bits per heavy atom. The molecule has 0 spiro atoms. The van der Waals surface area contributed by atoms with Gasteiger partial charge in [0.25, 0.3) is 5.69 Å². The van der Waals surface area contributed by atoms with Crippen LogP contribution in [-0.4, -0.2) is 22.1 Å². The van der Waals surface area contributed by atoms with Gasteiger partial charge in [-0.2, -0.15) is 0 Å². The number of nitro groups is 1. The first-order valence-corrected chi connectivity index (χ1v) is 6.62. The minimum Gasteiger partial charge on any atom is -0.427 e. The summed E-state index contributed by atoms with van der Waals surface area (Å²) < 4.78 is 5.07. The maximum atomic E-state index is 11.5. The average molecular weight is 281 g/mol. The van der Waals surface area contributed by atoms with Crippen molar-refractivity contribution in [3.8, 4) is 5.75 Å². The standard InChI is InChI=1S/C14H19NO5/c1-11(16)5-3-2-4-6-14(17)20-13-9-7-12(8-10-13)15(18)19/h7-11,16H,2-6H2,1H3. The lowest BCUT2D eigenvalue weighted by molar-refractivity contribution is -0.384. The fourth-order valence-electron chi connectivity index (χ4n) is 1.70. The second-order valence-electron chi connectivity index (χ2n) is 4.67. The Labute approximate surface area is 117 Å². The van der Waals surface area contributed by atoms with Crippen LogP contribution in [0.2, 0.25) is 0 Å². The minimum absolute atomic E-state index is 0.0390. The molecule has 20 heavy (non-hydrogen) atoms. The van der Waals surface area contributed by atoms with Crippen molar-refractivity contribution in [2.75, 3.05) is 0 Å². The molecule has 0 saturated heterocycles. The van der Waals surface area contributed by atoms with Crippen molar-refractivity contribution in [2.24, 2.45) is 0 Å². The number of carbonyl (C=O) groups is 1. The Balaban J connectivity index is 2.26. The second-order valence-corrected chi connectivity index (χ2v) is 4.67. The van der Waals surface area contributed by atoms with Crippen molar-refractivity contribution < 1.29 is 19.6 Å². The average Bonchev–Trinajstić information content (AvgIpc) is 2.38. The van der Waals surface area contributed by atoms with E-state index in [9.17, 15) is 14.9 Å². The van der Waals surface area contributed by atoms with Gasteiger partial charge in [0.2, 0.25) is 0 Å². The molecular weight excluding hydrogens is 262 g/mol. The first kappa shape index (κ1) is 16.1. The molecule has 0 aliphatic rings. The monoisotopic (exact) mass is 281 g/mol. The van der Waals surface area contributed by atoms with E-state index < -0.39 is 4.92 Å². The Kier molecular flexibility index (Phi) is 6.66. The zero-order valence-electron chi connectivity index (χ0n) is 11.4. The number of aliphatic hydroxyl groups excluding tert-OH is 1. The summed E-state index contributed by atoms with van der Waals surface area (Å²) in [5, 5.41) is 19.5. The van der Waals surface area contributed by atoms with Gasteiger partial charge in [-0.05, 0) is 31.9 Å². The molecule has 0 bridgehead atoms. The highest BCUT2D eigenvalue weighted by Crippen LogP contribution is 2.18. The zero-order valence-corrected chi connectivity index (χ0v) is 11.4. The summed E-state index contributed by atoms with van der Waals surface area (Å²) in [7, 11) is 0. The smallest absolute Gasteiger partial charge is 0.311 e. The Hall–Kier alpha value is -1.95. The number of hydrogen-bond donors (Lipinski definition) is 1. The van der Waals surface area contributed by atoms with Gasteiger partial charge in [-0.3, -0.25) is 14.9 Å². The van der Waals surface area contributed by atoms with E-state index in [1.54, 1.807) is 6.92 Å². The molecule has 0 aliphatic carbocycles. The molecule has 1 N–H and O–H groups in total. The normalized spacial score (nSPS) is 11.9. The van der Waals surface area contributed by atoms with Gasteiger partial charge in [0, 0.05) is 18.6 Å². The van der Waals surface area contributed by atoms with E-state index in [-0.39, 0.29) is 17.8 Å². The molecular formula is C14H19NO5. The lowest BCUT2D eigenvalue weighted by Gasteiger charge is -2.05. The van der Waals surface area contributed by atoms with Crippen molar-refractivity contribution in [3.63, 3.8) is 0 Å². The molecule has 0 amide bonds. The van der Waals surface area contributed by atoms with Crippen LogP contribution in [0.4, 0.5) is 5.69 Å². The highest BCUT2D eigenvalue weighted by Gasteiger charge is 2.08. The van der Waals surface area contributed by atoms with Crippen molar-refractivity contribution in [2.45, 2.75) is 45.1 Å². The SMILES string of the molecule is CC(O)CCCCCC(=O)Oc1ccc([N+](=O)[O-])cc1. The lowest BCUT2D eigenvalue weighted by Crippen LogP contribution is -2.07. The van der Waals surface area contributed by atoms with E-state index in [1.807, 2.05) is 0 Å². The predicted octanol–water partition coefficient (Wildman–Crippen LogP) is 2.83. The number of unbranched alkanes of at least 4 members (excludes halogenated alkanes) is 2. The molecule has 1 aromatic rings. The van der Waals surface area contributed by atoms with Crippen LogP contribution in [-0.2, 0) is 4.79 Å². The number of nitrogens with zero attached hydrogens (tertiary/aromatic N) is 1. The van der Waals surface area contributed by atoms with Crippen molar-refractivity contribution in [3.05, 3.63) is 34.4 Å². The number of ether oxygens (including phenoxy) is 1. The van der Waals surface area contributed by atoms with E-state index in [0.717, 1.165) is 19.3 Å². The van der Waals surface area contributed by atoms with Gasteiger partial charge in [-0.1, -0.05) is 12.8 Å². The molecule has 1 rings (SSSR count). The Morgan fingerprint density at radius 2 is 1.95 bits per heavy atom.